The number of fused-ring (bicyclic) bond motifs is 3. The molecule has 182 valence electrons. The molecule has 2 heterocycles. The van der Waals surface area contributed by atoms with Crippen LogP contribution in [0, 0.1) is 0 Å². The molecule has 0 aromatic heterocycles. The van der Waals surface area contributed by atoms with Gasteiger partial charge in [0.15, 0.2) is 5.78 Å². The van der Waals surface area contributed by atoms with E-state index >= 15 is 0 Å². The first kappa shape index (κ1) is 22.6. The number of carbonyl (C=O) groups excluding carboxylic acids is 2. The van der Waals surface area contributed by atoms with Gasteiger partial charge in [0, 0.05) is 25.4 Å². The molecular weight excluding hydrogens is 446 g/mol. The molecule has 3 aromatic rings. The predicted octanol–water partition coefficient (Wildman–Crippen LogP) is 5.29. The number of anilines is 1. The highest BCUT2D eigenvalue weighted by molar-refractivity contribution is 6.27. The standard InChI is InChI=1S/C31H31N3O2/c1-20-27(22-15-9-6-10-16-22)34(30(36)32(20)3)26-19-23(21-13-7-5-8-14-21)29(35)31(2)24-17-11-12-18-25(24)33(4)28(26)31/h5-20,26-28H,1-4H3/t20-,26?,27-,28?,31-/m0/s1. The number of ketones is 1. The third kappa shape index (κ3) is 2.95. The summed E-state index contributed by atoms with van der Waals surface area (Å²) in [6.45, 7) is 4.17. The zero-order valence-electron chi connectivity index (χ0n) is 21.1. The number of hydrogen-bond donors (Lipinski definition) is 0. The van der Waals surface area contributed by atoms with Gasteiger partial charge in [-0.05, 0) is 42.7 Å². The van der Waals surface area contributed by atoms with Crippen LogP contribution < -0.4 is 4.90 Å². The van der Waals surface area contributed by atoms with Gasteiger partial charge in [0.1, 0.15) is 0 Å². The van der Waals surface area contributed by atoms with Gasteiger partial charge < -0.3 is 14.7 Å². The molecule has 2 amide bonds. The van der Waals surface area contributed by atoms with Crippen LogP contribution >= 0.6 is 0 Å². The van der Waals surface area contributed by atoms with Crippen LogP contribution in [-0.4, -0.2) is 53.8 Å². The van der Waals surface area contributed by atoms with Crippen molar-refractivity contribution >= 4 is 23.1 Å². The lowest BCUT2D eigenvalue weighted by atomic mass is 9.65. The van der Waals surface area contributed by atoms with Gasteiger partial charge in [0.2, 0.25) is 0 Å². The Labute approximate surface area is 212 Å². The average Bonchev–Trinajstić information content (AvgIpc) is 3.29. The zero-order valence-corrected chi connectivity index (χ0v) is 21.1. The Morgan fingerprint density at radius 1 is 0.778 bits per heavy atom. The lowest BCUT2D eigenvalue weighted by Crippen LogP contribution is -2.61. The van der Waals surface area contributed by atoms with E-state index in [1.807, 2.05) is 77.5 Å². The summed E-state index contributed by atoms with van der Waals surface area (Å²) in [5.74, 6) is 0.107. The molecule has 6 rings (SSSR count). The van der Waals surface area contributed by atoms with Crippen LogP contribution in [0.4, 0.5) is 10.5 Å². The maximum absolute atomic E-state index is 14.4. The van der Waals surface area contributed by atoms with E-state index in [0.717, 1.165) is 22.4 Å². The Hall–Kier alpha value is -3.86. The van der Waals surface area contributed by atoms with Gasteiger partial charge in [-0.1, -0.05) is 78.9 Å². The largest absolute Gasteiger partial charge is 0.368 e. The minimum absolute atomic E-state index is 0.00792. The summed E-state index contributed by atoms with van der Waals surface area (Å²) in [6.07, 6.45) is 2.06. The molecule has 0 bridgehead atoms. The highest BCUT2D eigenvalue weighted by atomic mass is 16.2. The number of Topliss-reactive ketones (excluding diaryl/α,β-unsaturated/α-hetero) is 1. The molecule has 0 radical (unpaired) electrons. The number of rotatable bonds is 3. The van der Waals surface area contributed by atoms with E-state index in [0.29, 0.717) is 5.57 Å². The fourth-order valence-corrected chi connectivity index (χ4v) is 6.76. The van der Waals surface area contributed by atoms with Crippen molar-refractivity contribution in [2.24, 2.45) is 0 Å². The Morgan fingerprint density at radius 2 is 1.39 bits per heavy atom. The lowest BCUT2D eigenvalue weighted by molar-refractivity contribution is -0.119. The quantitative estimate of drug-likeness (QED) is 0.515. The molecule has 1 aliphatic carbocycles. The Kier molecular flexibility index (Phi) is 5.08. The molecule has 5 nitrogen and oxygen atoms in total. The van der Waals surface area contributed by atoms with Gasteiger partial charge in [-0.25, -0.2) is 4.79 Å². The fraction of sp³-hybridized carbons (Fsp3) is 0.290. The summed E-state index contributed by atoms with van der Waals surface area (Å²) in [7, 11) is 3.94. The molecule has 3 aromatic carbocycles. The van der Waals surface area contributed by atoms with Crippen molar-refractivity contribution in [2.75, 3.05) is 19.0 Å². The van der Waals surface area contributed by atoms with Crippen molar-refractivity contribution in [3.05, 3.63) is 108 Å². The highest BCUT2D eigenvalue weighted by Gasteiger charge is 2.60. The van der Waals surface area contributed by atoms with Crippen molar-refractivity contribution in [3.8, 4) is 0 Å². The highest BCUT2D eigenvalue weighted by Crippen LogP contribution is 2.53. The van der Waals surface area contributed by atoms with E-state index in [1.54, 1.807) is 0 Å². The SMILES string of the molecule is C[C@H]1[C@@H](c2ccccc2)N(C2C=C(c3ccccc3)C(=O)[C@@]3(C)c4ccccc4N(C)C23)C(=O)N1C. The van der Waals surface area contributed by atoms with Crippen LogP contribution in [0.25, 0.3) is 5.57 Å². The number of allylic oxidation sites excluding steroid dienone is 1. The average molecular weight is 478 g/mol. The third-order valence-electron chi connectivity index (χ3n) is 8.67. The number of likely N-dealkylation sites (N-methyl/N-ethyl adjacent to an activating group) is 2. The summed E-state index contributed by atoms with van der Waals surface area (Å²) in [5.41, 5.74) is 3.97. The second kappa shape index (κ2) is 8.09. The maximum Gasteiger partial charge on any atom is 0.321 e. The molecule has 36 heavy (non-hydrogen) atoms. The third-order valence-corrected chi connectivity index (χ3v) is 8.67. The predicted molar refractivity (Wildman–Crippen MR) is 143 cm³/mol. The fourth-order valence-electron chi connectivity index (χ4n) is 6.76. The molecular formula is C31H31N3O2. The second-order valence-electron chi connectivity index (χ2n) is 10.4. The first-order valence-corrected chi connectivity index (χ1v) is 12.6. The maximum atomic E-state index is 14.4. The number of para-hydroxylation sites is 1. The van der Waals surface area contributed by atoms with Crippen LogP contribution in [0.15, 0.2) is 91.0 Å². The van der Waals surface area contributed by atoms with E-state index in [2.05, 4.69) is 56.1 Å². The monoisotopic (exact) mass is 477 g/mol. The number of benzene rings is 3. The molecule has 2 aliphatic heterocycles. The molecule has 1 fully saturated rings. The van der Waals surface area contributed by atoms with Crippen molar-refractivity contribution in [3.63, 3.8) is 0 Å². The molecule has 0 spiro atoms. The molecule has 5 heteroatoms. The van der Waals surface area contributed by atoms with Crippen LogP contribution in [0.3, 0.4) is 0 Å². The first-order chi connectivity index (χ1) is 17.4. The van der Waals surface area contributed by atoms with Gasteiger partial charge in [0.05, 0.1) is 29.6 Å². The van der Waals surface area contributed by atoms with E-state index in [1.165, 1.54) is 0 Å². The van der Waals surface area contributed by atoms with Gasteiger partial charge in [0.25, 0.3) is 0 Å². The van der Waals surface area contributed by atoms with E-state index < -0.39 is 5.41 Å². The zero-order chi connectivity index (χ0) is 25.2. The Morgan fingerprint density at radius 3 is 2.08 bits per heavy atom. The van der Waals surface area contributed by atoms with Crippen LogP contribution in [0.2, 0.25) is 0 Å². The number of nitrogens with zero attached hydrogens (tertiary/aromatic N) is 3. The minimum atomic E-state index is -0.790. The second-order valence-corrected chi connectivity index (χ2v) is 10.4. The van der Waals surface area contributed by atoms with Crippen molar-refractivity contribution in [2.45, 2.75) is 43.4 Å². The summed E-state index contributed by atoms with van der Waals surface area (Å²) in [4.78, 5) is 34.3. The number of carbonyl (C=O) groups is 2. The Balaban J connectivity index is 1.59. The normalized spacial score (nSPS) is 29.3. The summed E-state index contributed by atoms with van der Waals surface area (Å²) >= 11 is 0. The van der Waals surface area contributed by atoms with Gasteiger partial charge in [-0.3, -0.25) is 4.79 Å². The summed E-state index contributed by atoms with van der Waals surface area (Å²) in [6, 6.07) is 27.6. The number of urea groups is 1. The van der Waals surface area contributed by atoms with Crippen LogP contribution in [0.5, 0.6) is 0 Å². The molecule has 2 unspecified atom stereocenters. The molecule has 0 N–H and O–H groups in total. The topological polar surface area (TPSA) is 43.9 Å². The van der Waals surface area contributed by atoms with E-state index in [4.69, 9.17) is 0 Å². The smallest absolute Gasteiger partial charge is 0.321 e. The summed E-state index contributed by atoms with van der Waals surface area (Å²) in [5, 5.41) is 0. The molecule has 1 saturated heterocycles. The van der Waals surface area contributed by atoms with Crippen molar-refractivity contribution < 1.29 is 9.59 Å². The number of amides is 2. The van der Waals surface area contributed by atoms with Gasteiger partial charge in [-0.15, -0.1) is 0 Å². The number of hydrogen-bond acceptors (Lipinski definition) is 3. The molecule has 3 aliphatic rings. The minimum Gasteiger partial charge on any atom is -0.368 e. The van der Waals surface area contributed by atoms with E-state index in [9.17, 15) is 9.59 Å². The van der Waals surface area contributed by atoms with Crippen LogP contribution in [0.1, 0.15) is 36.6 Å². The molecule has 5 atom stereocenters. The first-order valence-electron chi connectivity index (χ1n) is 12.6. The van der Waals surface area contributed by atoms with Crippen molar-refractivity contribution in [1.82, 2.24) is 9.80 Å². The van der Waals surface area contributed by atoms with Crippen LogP contribution in [-0.2, 0) is 10.2 Å². The van der Waals surface area contributed by atoms with Gasteiger partial charge in [-0.2, -0.15) is 0 Å². The molecule has 0 saturated carbocycles. The van der Waals surface area contributed by atoms with Crippen molar-refractivity contribution in [1.29, 1.82) is 0 Å². The summed E-state index contributed by atoms with van der Waals surface area (Å²) < 4.78 is 0. The van der Waals surface area contributed by atoms with Gasteiger partial charge >= 0.3 is 6.03 Å². The Bertz CT molecular complexity index is 1370. The van der Waals surface area contributed by atoms with E-state index in [-0.39, 0.29) is 36.0 Å². The lowest BCUT2D eigenvalue weighted by Gasteiger charge is -2.47.